The summed E-state index contributed by atoms with van der Waals surface area (Å²) in [6.45, 7) is 9.20. The highest BCUT2D eigenvalue weighted by molar-refractivity contribution is 5.93. The molecule has 0 aliphatic heterocycles. The number of nitrogens with zero attached hydrogens (tertiary/aromatic N) is 2. The summed E-state index contributed by atoms with van der Waals surface area (Å²) in [4.78, 5) is 37.7. The Hall–Kier alpha value is -3.22. The monoisotopic (exact) mass is 398 g/mol. The van der Waals surface area contributed by atoms with Gasteiger partial charge in [-0.15, -0.1) is 0 Å². The van der Waals surface area contributed by atoms with Crippen LogP contribution in [0.4, 0.5) is 5.69 Å². The molecule has 0 N–H and O–H groups in total. The molecular formula is C22H26N2O5. The number of hydrogen-bond donors (Lipinski definition) is 0. The van der Waals surface area contributed by atoms with Gasteiger partial charge < -0.3 is 9.64 Å². The van der Waals surface area contributed by atoms with Crippen molar-refractivity contribution in [2.45, 2.75) is 52.8 Å². The number of carbonyl (C=O) groups is 2. The number of rotatable bonds is 6. The molecule has 2 rings (SSSR count). The number of benzene rings is 2. The van der Waals surface area contributed by atoms with Crippen molar-refractivity contribution in [2.75, 3.05) is 0 Å². The maximum Gasteiger partial charge on any atom is 0.339 e. The topological polar surface area (TPSA) is 89.8 Å². The molecule has 7 nitrogen and oxygen atoms in total. The van der Waals surface area contributed by atoms with Gasteiger partial charge in [0.1, 0.15) is 0 Å². The fraction of sp³-hybridized carbons (Fsp3) is 0.364. The van der Waals surface area contributed by atoms with Gasteiger partial charge in [0.2, 0.25) is 0 Å². The second kappa shape index (κ2) is 8.86. The van der Waals surface area contributed by atoms with Crippen molar-refractivity contribution in [2.24, 2.45) is 0 Å². The van der Waals surface area contributed by atoms with Gasteiger partial charge in [0.15, 0.2) is 6.10 Å². The molecule has 0 bridgehead atoms. The lowest BCUT2D eigenvalue weighted by atomic mass is 10.0. The zero-order chi connectivity index (χ0) is 21.8. The molecule has 0 spiro atoms. The Morgan fingerprint density at radius 3 is 2.31 bits per heavy atom. The third-order valence-electron chi connectivity index (χ3n) is 4.53. The van der Waals surface area contributed by atoms with Crippen LogP contribution in [0.2, 0.25) is 0 Å². The molecule has 1 atom stereocenters. The van der Waals surface area contributed by atoms with E-state index in [-0.39, 0.29) is 17.2 Å². The standard InChI is InChI=1S/C22H26N2O5/c1-15-11-12-18(13-19(15)24(27)28)21(26)29-16(2)20(25)23(22(3,4)5)14-17-9-7-6-8-10-17/h6-13,16H,14H2,1-5H3/t16-/m0/s1. The Bertz CT molecular complexity index is 903. The van der Waals surface area contributed by atoms with Crippen molar-refractivity contribution < 1.29 is 19.2 Å². The van der Waals surface area contributed by atoms with Crippen LogP contribution in [-0.4, -0.2) is 33.3 Å². The molecule has 0 fully saturated rings. The minimum absolute atomic E-state index is 0.0346. The van der Waals surface area contributed by atoms with E-state index in [1.54, 1.807) is 11.8 Å². The molecule has 29 heavy (non-hydrogen) atoms. The number of esters is 1. The Morgan fingerprint density at radius 1 is 1.14 bits per heavy atom. The number of ether oxygens (including phenoxy) is 1. The summed E-state index contributed by atoms with van der Waals surface area (Å²) in [5, 5.41) is 11.1. The van der Waals surface area contributed by atoms with Gasteiger partial charge in [-0.2, -0.15) is 0 Å². The number of carbonyl (C=O) groups excluding carboxylic acids is 2. The molecule has 0 aromatic heterocycles. The fourth-order valence-corrected chi connectivity index (χ4v) is 2.84. The predicted molar refractivity (Wildman–Crippen MR) is 109 cm³/mol. The average Bonchev–Trinajstić information content (AvgIpc) is 2.65. The molecule has 7 heteroatoms. The van der Waals surface area contributed by atoms with Gasteiger partial charge in [0.05, 0.1) is 10.5 Å². The molecule has 0 saturated carbocycles. The van der Waals surface area contributed by atoms with Crippen LogP contribution in [0.5, 0.6) is 0 Å². The predicted octanol–water partition coefficient (Wildman–Crippen LogP) is 4.28. The van der Waals surface area contributed by atoms with Crippen molar-refractivity contribution in [3.8, 4) is 0 Å². The Balaban J connectivity index is 2.17. The summed E-state index contributed by atoms with van der Waals surface area (Å²) in [6.07, 6.45) is -1.04. The minimum atomic E-state index is -1.04. The molecule has 0 aliphatic rings. The van der Waals surface area contributed by atoms with E-state index in [1.807, 2.05) is 51.1 Å². The van der Waals surface area contributed by atoms with Crippen molar-refractivity contribution in [1.29, 1.82) is 0 Å². The summed E-state index contributed by atoms with van der Waals surface area (Å²) < 4.78 is 5.33. The van der Waals surface area contributed by atoms with Crippen LogP contribution in [0.1, 0.15) is 49.2 Å². The summed E-state index contributed by atoms with van der Waals surface area (Å²) in [7, 11) is 0. The molecule has 2 aromatic carbocycles. The highest BCUT2D eigenvalue weighted by Gasteiger charge is 2.32. The third-order valence-corrected chi connectivity index (χ3v) is 4.53. The van der Waals surface area contributed by atoms with Crippen LogP contribution >= 0.6 is 0 Å². The molecule has 2 aromatic rings. The summed E-state index contributed by atoms with van der Waals surface area (Å²) in [5.74, 6) is -1.11. The van der Waals surface area contributed by atoms with Gasteiger partial charge in [-0.1, -0.05) is 36.4 Å². The van der Waals surface area contributed by atoms with Crippen molar-refractivity contribution in [3.05, 3.63) is 75.3 Å². The lowest BCUT2D eigenvalue weighted by molar-refractivity contribution is -0.385. The number of amides is 1. The molecule has 0 radical (unpaired) electrons. The minimum Gasteiger partial charge on any atom is -0.449 e. The third kappa shape index (κ3) is 5.63. The van der Waals surface area contributed by atoms with E-state index in [2.05, 4.69) is 0 Å². The Morgan fingerprint density at radius 2 is 1.76 bits per heavy atom. The van der Waals surface area contributed by atoms with Crippen LogP contribution < -0.4 is 0 Å². The number of nitro groups is 1. The first kappa shape index (κ1) is 22.1. The number of hydrogen-bond acceptors (Lipinski definition) is 5. The molecule has 0 saturated heterocycles. The highest BCUT2D eigenvalue weighted by atomic mass is 16.6. The second-order valence-corrected chi connectivity index (χ2v) is 7.89. The average molecular weight is 398 g/mol. The van der Waals surface area contributed by atoms with Gasteiger partial charge in [-0.3, -0.25) is 14.9 Å². The molecule has 0 heterocycles. The Kier molecular flexibility index (Phi) is 6.74. The first-order chi connectivity index (χ1) is 13.5. The van der Waals surface area contributed by atoms with Crippen molar-refractivity contribution in [3.63, 3.8) is 0 Å². The molecule has 0 unspecified atom stereocenters. The number of aryl methyl sites for hydroxylation is 1. The SMILES string of the molecule is Cc1ccc(C(=O)O[C@@H](C)C(=O)N(Cc2ccccc2)C(C)(C)C)cc1[N+](=O)[O-]. The van der Waals surface area contributed by atoms with Crippen LogP contribution in [-0.2, 0) is 16.1 Å². The first-order valence-electron chi connectivity index (χ1n) is 9.32. The van der Waals surface area contributed by atoms with Gasteiger partial charge in [0, 0.05) is 23.7 Å². The lowest BCUT2D eigenvalue weighted by Gasteiger charge is -2.37. The summed E-state index contributed by atoms with van der Waals surface area (Å²) in [6, 6.07) is 13.6. The van der Waals surface area contributed by atoms with E-state index in [0.29, 0.717) is 12.1 Å². The maximum absolute atomic E-state index is 13.0. The molecule has 1 amide bonds. The fourth-order valence-electron chi connectivity index (χ4n) is 2.84. The zero-order valence-corrected chi connectivity index (χ0v) is 17.3. The second-order valence-electron chi connectivity index (χ2n) is 7.89. The normalized spacial score (nSPS) is 12.2. The quantitative estimate of drug-likeness (QED) is 0.412. The van der Waals surface area contributed by atoms with Gasteiger partial charge >= 0.3 is 5.97 Å². The molecule has 0 aliphatic carbocycles. The van der Waals surface area contributed by atoms with Gasteiger partial charge in [0.25, 0.3) is 11.6 Å². The zero-order valence-electron chi connectivity index (χ0n) is 17.3. The smallest absolute Gasteiger partial charge is 0.339 e. The highest BCUT2D eigenvalue weighted by Crippen LogP contribution is 2.22. The Labute approximate surface area is 170 Å². The van der Waals surface area contributed by atoms with E-state index < -0.39 is 22.5 Å². The summed E-state index contributed by atoms with van der Waals surface area (Å²) >= 11 is 0. The van der Waals surface area contributed by atoms with Crippen LogP contribution in [0.15, 0.2) is 48.5 Å². The van der Waals surface area contributed by atoms with Crippen LogP contribution in [0.25, 0.3) is 0 Å². The molecular weight excluding hydrogens is 372 g/mol. The maximum atomic E-state index is 13.0. The van der Waals surface area contributed by atoms with Gasteiger partial charge in [-0.05, 0) is 46.2 Å². The first-order valence-corrected chi connectivity index (χ1v) is 9.32. The van der Waals surface area contributed by atoms with Crippen molar-refractivity contribution in [1.82, 2.24) is 4.90 Å². The van der Waals surface area contributed by atoms with E-state index in [0.717, 1.165) is 5.56 Å². The van der Waals surface area contributed by atoms with E-state index in [9.17, 15) is 19.7 Å². The van der Waals surface area contributed by atoms with E-state index in [1.165, 1.54) is 25.1 Å². The van der Waals surface area contributed by atoms with Crippen LogP contribution in [0, 0.1) is 17.0 Å². The number of nitro benzene ring substituents is 1. The van der Waals surface area contributed by atoms with Gasteiger partial charge in [-0.25, -0.2) is 4.79 Å². The van der Waals surface area contributed by atoms with E-state index >= 15 is 0 Å². The molecule has 154 valence electrons. The summed E-state index contributed by atoms with van der Waals surface area (Å²) in [5.41, 5.74) is 0.781. The van der Waals surface area contributed by atoms with Crippen molar-refractivity contribution >= 4 is 17.6 Å². The lowest BCUT2D eigenvalue weighted by Crippen LogP contribution is -2.49. The largest absolute Gasteiger partial charge is 0.449 e. The van der Waals surface area contributed by atoms with Crippen LogP contribution in [0.3, 0.4) is 0 Å². The van der Waals surface area contributed by atoms with E-state index in [4.69, 9.17) is 4.74 Å².